The minimum atomic E-state index is -0.395. The topological polar surface area (TPSA) is 78.5 Å². The van der Waals surface area contributed by atoms with Crippen molar-refractivity contribution in [2.24, 2.45) is 0 Å². The maximum absolute atomic E-state index is 12.2. The molecule has 2 aromatic carbocycles. The van der Waals surface area contributed by atoms with Crippen LogP contribution in [0, 0.1) is 0 Å². The molecule has 0 spiro atoms. The molecule has 0 saturated heterocycles. The molecular formula is C17H14BrN3O3. The zero-order valence-electron chi connectivity index (χ0n) is 12.6. The highest BCUT2D eigenvalue weighted by Crippen LogP contribution is 2.21. The summed E-state index contributed by atoms with van der Waals surface area (Å²) >= 11 is 3.32. The van der Waals surface area contributed by atoms with Gasteiger partial charge >= 0.3 is 6.03 Å². The lowest BCUT2D eigenvalue weighted by Gasteiger charge is -2.14. The molecule has 1 aliphatic rings. The molecule has 0 aromatic heterocycles. The quantitative estimate of drug-likeness (QED) is 0.791. The van der Waals surface area contributed by atoms with E-state index in [1.807, 2.05) is 12.1 Å². The van der Waals surface area contributed by atoms with Crippen molar-refractivity contribution in [1.82, 2.24) is 10.2 Å². The Morgan fingerprint density at radius 2 is 1.54 bits per heavy atom. The van der Waals surface area contributed by atoms with Crippen LogP contribution in [-0.2, 0) is 0 Å². The molecule has 7 heteroatoms. The fourth-order valence-corrected chi connectivity index (χ4v) is 2.70. The molecule has 0 unspecified atom stereocenters. The highest BCUT2D eigenvalue weighted by Gasteiger charge is 2.34. The summed E-state index contributed by atoms with van der Waals surface area (Å²) in [6.45, 7) is 0.300. The number of benzene rings is 2. The first-order valence-electron chi connectivity index (χ1n) is 7.32. The first-order chi connectivity index (χ1) is 11.6. The second-order valence-electron chi connectivity index (χ2n) is 5.20. The van der Waals surface area contributed by atoms with Gasteiger partial charge in [0.15, 0.2) is 0 Å². The van der Waals surface area contributed by atoms with Crippen LogP contribution in [0.4, 0.5) is 10.5 Å². The predicted molar refractivity (Wildman–Crippen MR) is 93.0 cm³/mol. The molecule has 122 valence electrons. The fraction of sp³-hybridized carbons (Fsp3) is 0.118. The van der Waals surface area contributed by atoms with Crippen LogP contribution < -0.4 is 10.6 Å². The third kappa shape index (κ3) is 3.30. The molecular weight excluding hydrogens is 374 g/mol. The van der Waals surface area contributed by atoms with Crippen molar-refractivity contribution >= 4 is 39.5 Å². The lowest BCUT2D eigenvalue weighted by molar-refractivity contribution is 0.0656. The minimum absolute atomic E-state index is 0.125. The van der Waals surface area contributed by atoms with Gasteiger partial charge in [-0.05, 0) is 36.4 Å². The van der Waals surface area contributed by atoms with E-state index in [-0.39, 0.29) is 24.9 Å². The molecule has 0 fully saturated rings. The average Bonchev–Trinajstić information content (AvgIpc) is 2.82. The minimum Gasteiger partial charge on any atom is -0.336 e. The number of carbonyl (C=O) groups excluding carboxylic acids is 3. The Morgan fingerprint density at radius 1 is 0.958 bits per heavy atom. The van der Waals surface area contributed by atoms with Crippen molar-refractivity contribution < 1.29 is 14.4 Å². The number of urea groups is 1. The van der Waals surface area contributed by atoms with Crippen molar-refractivity contribution in [3.05, 3.63) is 64.1 Å². The van der Waals surface area contributed by atoms with Crippen LogP contribution in [0.2, 0.25) is 0 Å². The normalized spacial score (nSPS) is 13.0. The Bertz CT molecular complexity index is 770. The Labute approximate surface area is 147 Å². The molecule has 1 heterocycles. The Kier molecular flexibility index (Phi) is 4.61. The molecule has 0 saturated carbocycles. The summed E-state index contributed by atoms with van der Waals surface area (Å²) in [5, 5.41) is 5.31. The van der Waals surface area contributed by atoms with E-state index >= 15 is 0 Å². The zero-order chi connectivity index (χ0) is 17.1. The van der Waals surface area contributed by atoms with Crippen molar-refractivity contribution in [2.45, 2.75) is 0 Å². The summed E-state index contributed by atoms with van der Waals surface area (Å²) < 4.78 is 0.916. The number of rotatable bonds is 4. The van der Waals surface area contributed by atoms with Crippen molar-refractivity contribution in [3.63, 3.8) is 0 Å². The van der Waals surface area contributed by atoms with Crippen molar-refractivity contribution in [1.29, 1.82) is 0 Å². The molecule has 6 nitrogen and oxygen atoms in total. The van der Waals surface area contributed by atoms with Gasteiger partial charge in [-0.2, -0.15) is 0 Å². The van der Waals surface area contributed by atoms with E-state index in [1.54, 1.807) is 36.4 Å². The van der Waals surface area contributed by atoms with Gasteiger partial charge in [0.2, 0.25) is 0 Å². The standard InChI is InChI=1S/C17H14BrN3O3/c18-11-5-7-12(8-6-11)20-17(24)19-9-10-21-15(22)13-3-1-2-4-14(13)16(21)23/h1-8H,9-10H2,(H2,19,20,24). The second-order valence-corrected chi connectivity index (χ2v) is 6.11. The van der Waals surface area contributed by atoms with E-state index in [4.69, 9.17) is 0 Å². The third-order valence-electron chi connectivity index (χ3n) is 3.60. The molecule has 0 bridgehead atoms. The Morgan fingerprint density at radius 3 is 2.12 bits per heavy atom. The van der Waals surface area contributed by atoms with E-state index in [2.05, 4.69) is 26.6 Å². The van der Waals surface area contributed by atoms with E-state index in [0.29, 0.717) is 16.8 Å². The van der Waals surface area contributed by atoms with Crippen LogP contribution >= 0.6 is 15.9 Å². The first-order valence-corrected chi connectivity index (χ1v) is 8.11. The summed E-state index contributed by atoms with van der Waals surface area (Å²) in [6, 6.07) is 13.4. The number of anilines is 1. The number of imide groups is 1. The van der Waals surface area contributed by atoms with Gasteiger partial charge in [-0.3, -0.25) is 14.5 Å². The molecule has 4 amide bonds. The fourth-order valence-electron chi connectivity index (χ4n) is 2.43. The van der Waals surface area contributed by atoms with Gasteiger partial charge in [0.25, 0.3) is 11.8 Å². The van der Waals surface area contributed by atoms with Gasteiger partial charge in [-0.1, -0.05) is 28.1 Å². The summed E-state index contributed by atoms with van der Waals surface area (Å²) in [7, 11) is 0. The molecule has 1 aliphatic heterocycles. The average molecular weight is 388 g/mol. The monoisotopic (exact) mass is 387 g/mol. The smallest absolute Gasteiger partial charge is 0.319 e. The summed E-state index contributed by atoms with van der Waals surface area (Å²) in [4.78, 5) is 37.3. The lowest BCUT2D eigenvalue weighted by atomic mass is 10.1. The van der Waals surface area contributed by atoms with Crippen LogP contribution in [0.15, 0.2) is 53.0 Å². The molecule has 0 atom stereocenters. The van der Waals surface area contributed by atoms with Crippen LogP contribution in [0.25, 0.3) is 0 Å². The van der Waals surface area contributed by atoms with Crippen LogP contribution in [0.3, 0.4) is 0 Å². The molecule has 2 aromatic rings. The second kappa shape index (κ2) is 6.84. The van der Waals surface area contributed by atoms with E-state index < -0.39 is 6.03 Å². The third-order valence-corrected chi connectivity index (χ3v) is 4.13. The highest BCUT2D eigenvalue weighted by molar-refractivity contribution is 9.10. The number of amides is 4. The van der Waals surface area contributed by atoms with Gasteiger partial charge in [0.05, 0.1) is 11.1 Å². The number of fused-ring (bicyclic) bond motifs is 1. The maximum Gasteiger partial charge on any atom is 0.319 e. The van der Waals surface area contributed by atoms with Gasteiger partial charge in [-0.15, -0.1) is 0 Å². The van der Waals surface area contributed by atoms with Crippen molar-refractivity contribution in [3.8, 4) is 0 Å². The van der Waals surface area contributed by atoms with Crippen LogP contribution in [-0.4, -0.2) is 35.8 Å². The van der Waals surface area contributed by atoms with E-state index in [0.717, 1.165) is 9.37 Å². The van der Waals surface area contributed by atoms with Crippen LogP contribution in [0.1, 0.15) is 20.7 Å². The van der Waals surface area contributed by atoms with Crippen molar-refractivity contribution in [2.75, 3.05) is 18.4 Å². The molecule has 3 rings (SSSR count). The molecule has 0 aliphatic carbocycles. The lowest BCUT2D eigenvalue weighted by Crippen LogP contribution is -2.39. The Balaban J connectivity index is 1.52. The molecule has 2 N–H and O–H groups in total. The number of hydrogen-bond acceptors (Lipinski definition) is 3. The SMILES string of the molecule is O=C(NCCN1C(=O)c2ccccc2C1=O)Nc1ccc(Br)cc1. The zero-order valence-corrected chi connectivity index (χ0v) is 14.2. The Hall–Kier alpha value is -2.67. The molecule has 0 radical (unpaired) electrons. The summed E-state index contributed by atoms with van der Waals surface area (Å²) in [5.74, 6) is -0.656. The molecule has 24 heavy (non-hydrogen) atoms. The number of hydrogen-bond donors (Lipinski definition) is 2. The van der Waals surface area contributed by atoms with Gasteiger partial charge in [0.1, 0.15) is 0 Å². The summed E-state index contributed by atoms with van der Waals surface area (Å²) in [6.07, 6.45) is 0. The largest absolute Gasteiger partial charge is 0.336 e. The maximum atomic E-state index is 12.2. The van der Waals surface area contributed by atoms with Gasteiger partial charge in [-0.25, -0.2) is 4.79 Å². The van der Waals surface area contributed by atoms with Crippen LogP contribution in [0.5, 0.6) is 0 Å². The number of carbonyl (C=O) groups is 3. The van der Waals surface area contributed by atoms with Gasteiger partial charge in [0, 0.05) is 23.2 Å². The highest BCUT2D eigenvalue weighted by atomic mass is 79.9. The van der Waals surface area contributed by atoms with E-state index in [1.165, 1.54) is 0 Å². The number of nitrogens with one attached hydrogen (secondary N) is 2. The van der Waals surface area contributed by atoms with Gasteiger partial charge < -0.3 is 10.6 Å². The first kappa shape index (κ1) is 16.2. The van der Waals surface area contributed by atoms with E-state index in [9.17, 15) is 14.4 Å². The summed E-state index contributed by atoms with van der Waals surface area (Å²) in [5.41, 5.74) is 1.46. The number of halogens is 1. The predicted octanol–water partition coefficient (Wildman–Crippen LogP) is 2.87. The number of nitrogens with zero attached hydrogens (tertiary/aromatic N) is 1.